The molecule has 6 heteroatoms. The molecule has 0 saturated carbocycles. The van der Waals surface area contributed by atoms with Crippen LogP contribution in [0, 0.1) is 0 Å². The molecule has 0 aliphatic carbocycles. The van der Waals surface area contributed by atoms with Crippen LogP contribution in [0.5, 0.6) is 0 Å². The molecule has 1 aliphatic heterocycles. The number of nitrogens with zero attached hydrogens (tertiary/aromatic N) is 2. The van der Waals surface area contributed by atoms with E-state index in [0.717, 1.165) is 25.1 Å². The minimum absolute atomic E-state index is 0.538. The fourth-order valence-electron chi connectivity index (χ4n) is 1.50. The van der Waals surface area contributed by atoms with Gasteiger partial charge in [-0.25, -0.2) is 4.21 Å². The fourth-order valence-corrected chi connectivity index (χ4v) is 2.14. The minimum atomic E-state index is -1.51. The number of hydrogen-bond donors (Lipinski definition) is 2. The Hall–Kier alpha value is -1.69. The molecule has 0 amide bonds. The largest absolute Gasteiger partial charge is 0.366 e. The SMILES string of the molecule is CCCCNC1=NS(=O)N=C1Nc1ccccc1. The lowest BCUT2D eigenvalue weighted by molar-refractivity contribution is 0.686. The summed E-state index contributed by atoms with van der Waals surface area (Å²) >= 11 is -1.51. The highest BCUT2D eigenvalue weighted by Crippen LogP contribution is 2.09. The van der Waals surface area contributed by atoms with Crippen molar-refractivity contribution >= 4 is 28.5 Å². The number of anilines is 1. The molecule has 0 fully saturated rings. The highest BCUT2D eigenvalue weighted by Gasteiger charge is 2.18. The second-order valence-electron chi connectivity index (χ2n) is 3.88. The number of nitrogens with one attached hydrogen (secondary N) is 2. The van der Waals surface area contributed by atoms with Gasteiger partial charge in [-0.1, -0.05) is 31.5 Å². The first-order valence-electron chi connectivity index (χ1n) is 5.95. The molecular weight excluding hydrogens is 248 g/mol. The Balaban J connectivity index is 2.01. The van der Waals surface area contributed by atoms with E-state index in [1.165, 1.54) is 0 Å². The standard InChI is InChI=1S/C12H16N4OS/c1-2-3-9-13-11-12(16-18(17)15-11)14-10-7-5-4-6-8-10/h4-8H,2-3,9H2,1H3,(H,13,15)(H,14,16). The van der Waals surface area contributed by atoms with Crippen LogP contribution in [0.3, 0.4) is 0 Å². The molecule has 1 unspecified atom stereocenters. The van der Waals surface area contributed by atoms with Gasteiger partial charge in [0.15, 0.2) is 11.7 Å². The van der Waals surface area contributed by atoms with E-state index in [1.807, 2.05) is 30.3 Å². The number of amidine groups is 2. The molecule has 1 aromatic rings. The van der Waals surface area contributed by atoms with E-state index < -0.39 is 11.2 Å². The van der Waals surface area contributed by atoms with Gasteiger partial charge >= 0.3 is 0 Å². The lowest BCUT2D eigenvalue weighted by atomic mass is 10.3. The van der Waals surface area contributed by atoms with Crippen LogP contribution in [0.4, 0.5) is 5.69 Å². The summed E-state index contributed by atoms with van der Waals surface area (Å²) in [5, 5.41) is 6.26. The van der Waals surface area contributed by atoms with Gasteiger partial charge in [0.25, 0.3) is 11.2 Å². The first-order valence-corrected chi connectivity index (χ1v) is 7.01. The van der Waals surface area contributed by atoms with Gasteiger partial charge in [0, 0.05) is 12.2 Å². The van der Waals surface area contributed by atoms with E-state index in [4.69, 9.17) is 0 Å². The van der Waals surface area contributed by atoms with Crippen LogP contribution in [-0.4, -0.2) is 22.4 Å². The molecule has 2 rings (SSSR count). The summed E-state index contributed by atoms with van der Waals surface area (Å²) < 4.78 is 19.2. The van der Waals surface area contributed by atoms with Crippen molar-refractivity contribution in [2.24, 2.45) is 8.80 Å². The Morgan fingerprint density at radius 3 is 2.61 bits per heavy atom. The molecule has 5 nitrogen and oxygen atoms in total. The summed E-state index contributed by atoms with van der Waals surface area (Å²) in [7, 11) is 0. The molecule has 2 N–H and O–H groups in total. The number of hydrogen-bond acceptors (Lipinski definition) is 3. The Bertz CT molecular complexity index is 484. The summed E-state index contributed by atoms with van der Waals surface area (Å²) in [5.41, 5.74) is 0.903. The molecular formula is C12H16N4OS. The average Bonchev–Trinajstić information content (AvgIpc) is 2.71. The smallest absolute Gasteiger partial charge is 0.269 e. The second-order valence-corrected chi connectivity index (χ2v) is 4.71. The van der Waals surface area contributed by atoms with Gasteiger partial charge in [-0.05, 0) is 18.6 Å². The summed E-state index contributed by atoms with van der Waals surface area (Å²) in [4.78, 5) is 0. The van der Waals surface area contributed by atoms with E-state index in [0.29, 0.717) is 11.7 Å². The quantitative estimate of drug-likeness (QED) is 0.816. The lowest BCUT2D eigenvalue weighted by Gasteiger charge is -2.09. The average molecular weight is 264 g/mol. The predicted molar refractivity (Wildman–Crippen MR) is 76.0 cm³/mol. The van der Waals surface area contributed by atoms with Gasteiger partial charge in [-0.15, -0.1) is 8.80 Å². The van der Waals surface area contributed by atoms with Gasteiger partial charge in [-0.3, -0.25) is 0 Å². The summed E-state index contributed by atoms with van der Waals surface area (Å²) in [6.07, 6.45) is 2.15. The van der Waals surface area contributed by atoms with Gasteiger partial charge in [-0.2, -0.15) is 0 Å². The zero-order chi connectivity index (χ0) is 12.8. The van der Waals surface area contributed by atoms with Crippen molar-refractivity contribution < 1.29 is 4.21 Å². The van der Waals surface area contributed by atoms with Gasteiger partial charge < -0.3 is 10.6 Å². The fraction of sp³-hybridized carbons (Fsp3) is 0.333. The Morgan fingerprint density at radius 2 is 1.89 bits per heavy atom. The second kappa shape index (κ2) is 6.30. The minimum Gasteiger partial charge on any atom is -0.366 e. The number of unbranched alkanes of at least 4 members (excludes halogenated alkanes) is 1. The van der Waals surface area contributed by atoms with Crippen molar-refractivity contribution in [3.8, 4) is 0 Å². The van der Waals surface area contributed by atoms with E-state index in [1.54, 1.807) is 0 Å². The van der Waals surface area contributed by atoms with Gasteiger partial charge in [0.2, 0.25) is 0 Å². The first kappa shape index (κ1) is 12.8. The van der Waals surface area contributed by atoms with Crippen LogP contribution in [0.25, 0.3) is 0 Å². The summed E-state index contributed by atoms with van der Waals surface area (Å²) in [6.45, 7) is 2.93. The molecule has 0 radical (unpaired) electrons. The van der Waals surface area contributed by atoms with Gasteiger partial charge in [0.1, 0.15) is 0 Å². The van der Waals surface area contributed by atoms with Crippen molar-refractivity contribution in [1.29, 1.82) is 0 Å². The Morgan fingerprint density at radius 1 is 1.17 bits per heavy atom. The van der Waals surface area contributed by atoms with Gasteiger partial charge in [0.05, 0.1) is 0 Å². The molecule has 1 aliphatic rings. The molecule has 1 atom stereocenters. The molecule has 0 bridgehead atoms. The summed E-state index contributed by atoms with van der Waals surface area (Å²) in [6, 6.07) is 9.64. The maximum Gasteiger partial charge on any atom is 0.269 e. The van der Waals surface area contributed by atoms with Crippen LogP contribution in [0.2, 0.25) is 0 Å². The molecule has 1 heterocycles. The lowest BCUT2D eigenvalue weighted by Crippen LogP contribution is -2.34. The highest BCUT2D eigenvalue weighted by atomic mass is 32.2. The van der Waals surface area contributed by atoms with E-state index in [-0.39, 0.29) is 0 Å². The molecule has 0 aromatic heterocycles. The third kappa shape index (κ3) is 3.40. The van der Waals surface area contributed by atoms with E-state index in [2.05, 4.69) is 26.4 Å². The molecule has 1 aromatic carbocycles. The number of para-hydroxylation sites is 1. The maximum atomic E-state index is 11.3. The van der Waals surface area contributed by atoms with Crippen molar-refractivity contribution in [3.05, 3.63) is 30.3 Å². The zero-order valence-corrected chi connectivity index (χ0v) is 11.0. The topological polar surface area (TPSA) is 65.8 Å². The number of rotatable bonds is 4. The van der Waals surface area contributed by atoms with Crippen molar-refractivity contribution in [2.45, 2.75) is 19.8 Å². The van der Waals surface area contributed by atoms with E-state index >= 15 is 0 Å². The van der Waals surface area contributed by atoms with E-state index in [9.17, 15) is 4.21 Å². The van der Waals surface area contributed by atoms with Crippen LogP contribution in [0.1, 0.15) is 19.8 Å². The highest BCUT2D eigenvalue weighted by molar-refractivity contribution is 7.83. The Labute approximate surface area is 109 Å². The summed E-state index contributed by atoms with van der Waals surface area (Å²) in [5.74, 6) is 1.11. The Kier molecular flexibility index (Phi) is 4.46. The molecule has 18 heavy (non-hydrogen) atoms. The predicted octanol–water partition coefficient (Wildman–Crippen LogP) is 1.88. The normalized spacial score (nSPS) is 18.2. The first-order chi connectivity index (χ1) is 8.79. The van der Waals surface area contributed by atoms with Crippen molar-refractivity contribution in [1.82, 2.24) is 5.32 Å². The monoisotopic (exact) mass is 264 g/mol. The molecule has 0 saturated heterocycles. The van der Waals surface area contributed by atoms with Crippen molar-refractivity contribution in [2.75, 3.05) is 11.9 Å². The molecule has 96 valence electrons. The zero-order valence-electron chi connectivity index (χ0n) is 10.2. The van der Waals surface area contributed by atoms with Crippen molar-refractivity contribution in [3.63, 3.8) is 0 Å². The third-order valence-corrected chi connectivity index (χ3v) is 3.10. The van der Waals surface area contributed by atoms with Crippen LogP contribution >= 0.6 is 0 Å². The van der Waals surface area contributed by atoms with Crippen LogP contribution in [-0.2, 0) is 11.2 Å². The maximum absolute atomic E-state index is 11.3. The third-order valence-electron chi connectivity index (χ3n) is 2.42. The van der Waals surface area contributed by atoms with Crippen LogP contribution < -0.4 is 10.6 Å². The number of benzene rings is 1. The van der Waals surface area contributed by atoms with Crippen LogP contribution in [0.15, 0.2) is 39.1 Å². The molecule has 0 spiro atoms.